The topological polar surface area (TPSA) is 62.7 Å². The van der Waals surface area contributed by atoms with Crippen molar-refractivity contribution in [3.63, 3.8) is 0 Å². The maximum atomic E-state index is 13.0. The molecule has 122 valence electrons. The summed E-state index contributed by atoms with van der Waals surface area (Å²) in [6.45, 7) is 0. The highest BCUT2D eigenvalue weighted by atomic mass is 19.4. The van der Waals surface area contributed by atoms with E-state index in [0.717, 1.165) is 31.7 Å². The Kier molecular flexibility index (Phi) is 4.31. The second-order valence-corrected chi connectivity index (χ2v) is 5.46. The highest BCUT2D eigenvalue weighted by molar-refractivity contribution is 5.61. The Bertz CT molecular complexity index is 668. The van der Waals surface area contributed by atoms with Crippen molar-refractivity contribution in [2.75, 3.05) is 10.6 Å². The van der Waals surface area contributed by atoms with Crippen molar-refractivity contribution in [3.8, 4) is 0 Å². The lowest BCUT2D eigenvalue weighted by atomic mass is 10.1. The number of nitrogens with one attached hydrogen (secondary N) is 2. The lowest BCUT2D eigenvalue weighted by Crippen LogP contribution is -2.17. The Morgan fingerprint density at radius 3 is 2.57 bits per heavy atom. The number of benzene rings is 1. The molecule has 1 aliphatic rings. The number of alkyl halides is 3. The van der Waals surface area contributed by atoms with Gasteiger partial charge in [0.2, 0.25) is 5.95 Å². The summed E-state index contributed by atoms with van der Waals surface area (Å²) in [6, 6.07) is 5.56. The number of para-hydroxylation sites is 1. The molecule has 8 heteroatoms. The molecule has 0 atom stereocenters. The molecule has 0 saturated heterocycles. The van der Waals surface area contributed by atoms with E-state index in [1.54, 1.807) is 0 Å². The molecule has 1 aromatic carbocycles. The Hall–Kier alpha value is -2.38. The highest BCUT2D eigenvalue weighted by Gasteiger charge is 2.33. The second-order valence-electron chi connectivity index (χ2n) is 5.46. The fraction of sp³-hybridized carbons (Fsp3) is 0.400. The summed E-state index contributed by atoms with van der Waals surface area (Å²) < 4.78 is 39.0. The SMILES string of the molecule is FC(F)(F)c1ccccc1Nc1cnnc(NC2CCCC2)n1. The normalized spacial score (nSPS) is 15.6. The van der Waals surface area contributed by atoms with E-state index in [4.69, 9.17) is 0 Å². The smallest absolute Gasteiger partial charge is 0.350 e. The average molecular weight is 323 g/mol. The third kappa shape index (κ3) is 3.88. The number of nitrogens with zero attached hydrogens (tertiary/aromatic N) is 3. The molecule has 1 saturated carbocycles. The summed E-state index contributed by atoms with van der Waals surface area (Å²) in [5.41, 5.74) is -0.809. The zero-order valence-corrected chi connectivity index (χ0v) is 12.3. The van der Waals surface area contributed by atoms with Crippen LogP contribution in [-0.4, -0.2) is 21.2 Å². The lowest BCUT2D eigenvalue weighted by Gasteiger charge is -2.15. The molecule has 0 bridgehead atoms. The van der Waals surface area contributed by atoms with Crippen LogP contribution < -0.4 is 10.6 Å². The van der Waals surface area contributed by atoms with Gasteiger partial charge in [-0.15, -0.1) is 5.10 Å². The fourth-order valence-corrected chi connectivity index (χ4v) is 2.65. The summed E-state index contributed by atoms with van der Waals surface area (Å²) in [5.74, 6) is 0.545. The number of anilines is 3. The Morgan fingerprint density at radius 2 is 1.83 bits per heavy atom. The first-order valence-corrected chi connectivity index (χ1v) is 7.42. The van der Waals surface area contributed by atoms with Crippen LogP contribution in [0.2, 0.25) is 0 Å². The number of halogens is 3. The summed E-state index contributed by atoms with van der Waals surface area (Å²) in [5, 5.41) is 13.5. The molecule has 0 spiro atoms. The van der Waals surface area contributed by atoms with Crippen LogP contribution in [-0.2, 0) is 6.18 Å². The van der Waals surface area contributed by atoms with Gasteiger partial charge in [0.05, 0.1) is 17.4 Å². The monoisotopic (exact) mass is 323 g/mol. The summed E-state index contributed by atoms with van der Waals surface area (Å²) in [4.78, 5) is 4.19. The molecule has 0 unspecified atom stereocenters. The van der Waals surface area contributed by atoms with E-state index in [9.17, 15) is 13.2 Å². The molecule has 1 fully saturated rings. The highest BCUT2D eigenvalue weighted by Crippen LogP contribution is 2.35. The molecule has 0 aliphatic heterocycles. The minimum atomic E-state index is -4.44. The Morgan fingerprint density at radius 1 is 1.09 bits per heavy atom. The van der Waals surface area contributed by atoms with Crippen molar-refractivity contribution < 1.29 is 13.2 Å². The molecular formula is C15H16F3N5. The van der Waals surface area contributed by atoms with Crippen LogP contribution in [0.15, 0.2) is 30.5 Å². The van der Waals surface area contributed by atoms with Crippen LogP contribution in [0.4, 0.5) is 30.6 Å². The minimum absolute atomic E-state index is 0.0627. The van der Waals surface area contributed by atoms with Crippen molar-refractivity contribution in [2.45, 2.75) is 37.9 Å². The van der Waals surface area contributed by atoms with Crippen molar-refractivity contribution >= 4 is 17.5 Å². The average Bonchev–Trinajstić information content (AvgIpc) is 3.00. The van der Waals surface area contributed by atoms with Gasteiger partial charge < -0.3 is 10.6 Å². The van der Waals surface area contributed by atoms with Crippen molar-refractivity contribution in [3.05, 3.63) is 36.0 Å². The molecule has 1 heterocycles. The van der Waals surface area contributed by atoms with Crippen LogP contribution in [0.25, 0.3) is 0 Å². The molecule has 0 radical (unpaired) electrons. The van der Waals surface area contributed by atoms with Crippen LogP contribution >= 0.6 is 0 Å². The Balaban J connectivity index is 1.78. The van der Waals surface area contributed by atoms with Gasteiger partial charge in [-0.1, -0.05) is 25.0 Å². The molecule has 3 rings (SSSR count). The van der Waals surface area contributed by atoms with Crippen molar-refractivity contribution in [2.24, 2.45) is 0 Å². The third-order valence-electron chi connectivity index (χ3n) is 3.74. The van der Waals surface area contributed by atoms with E-state index in [0.29, 0.717) is 12.0 Å². The first kappa shape index (κ1) is 15.5. The van der Waals surface area contributed by atoms with E-state index >= 15 is 0 Å². The molecule has 2 N–H and O–H groups in total. The van der Waals surface area contributed by atoms with E-state index in [1.165, 1.54) is 24.4 Å². The molecule has 1 aliphatic carbocycles. The molecular weight excluding hydrogens is 307 g/mol. The quantitative estimate of drug-likeness (QED) is 0.891. The van der Waals surface area contributed by atoms with Crippen molar-refractivity contribution in [1.29, 1.82) is 0 Å². The van der Waals surface area contributed by atoms with Gasteiger partial charge in [-0.3, -0.25) is 0 Å². The number of hydrogen-bond acceptors (Lipinski definition) is 5. The van der Waals surface area contributed by atoms with Gasteiger partial charge >= 0.3 is 6.18 Å². The van der Waals surface area contributed by atoms with E-state index in [2.05, 4.69) is 25.8 Å². The minimum Gasteiger partial charge on any atom is -0.350 e. The first-order valence-electron chi connectivity index (χ1n) is 7.42. The van der Waals surface area contributed by atoms with Crippen LogP contribution in [0.3, 0.4) is 0 Å². The predicted octanol–water partition coefficient (Wildman–Crippen LogP) is 3.99. The maximum absolute atomic E-state index is 13.0. The van der Waals surface area contributed by atoms with Gasteiger partial charge in [-0.05, 0) is 25.0 Å². The summed E-state index contributed by atoms with van der Waals surface area (Å²) >= 11 is 0. The molecule has 0 amide bonds. The standard InChI is InChI=1S/C15H16F3N5/c16-15(17,18)11-7-3-4-8-12(11)21-13-9-19-23-14(22-13)20-10-5-1-2-6-10/h3-4,7-10H,1-2,5-6H2,(H2,20,21,22,23). The van der Waals surface area contributed by atoms with E-state index in [1.807, 2.05) is 0 Å². The molecule has 2 aromatic rings. The van der Waals surface area contributed by atoms with Gasteiger partial charge in [-0.25, -0.2) is 0 Å². The number of hydrogen-bond donors (Lipinski definition) is 2. The molecule has 5 nitrogen and oxygen atoms in total. The number of aromatic nitrogens is 3. The maximum Gasteiger partial charge on any atom is 0.418 e. The zero-order chi connectivity index (χ0) is 16.3. The van der Waals surface area contributed by atoms with Crippen LogP contribution in [0.5, 0.6) is 0 Å². The van der Waals surface area contributed by atoms with Crippen molar-refractivity contribution in [1.82, 2.24) is 15.2 Å². The summed E-state index contributed by atoms with van der Waals surface area (Å²) in [6.07, 6.45) is 1.25. The second kappa shape index (κ2) is 6.39. The first-order chi connectivity index (χ1) is 11.0. The third-order valence-corrected chi connectivity index (χ3v) is 3.74. The van der Waals surface area contributed by atoms with Crippen LogP contribution in [0.1, 0.15) is 31.2 Å². The van der Waals surface area contributed by atoms with Gasteiger partial charge in [-0.2, -0.15) is 23.3 Å². The van der Waals surface area contributed by atoms with Gasteiger partial charge in [0.25, 0.3) is 0 Å². The summed E-state index contributed by atoms with van der Waals surface area (Å²) in [7, 11) is 0. The van der Waals surface area contributed by atoms with Crippen LogP contribution in [0, 0.1) is 0 Å². The number of rotatable bonds is 4. The van der Waals surface area contributed by atoms with Gasteiger partial charge in [0.15, 0.2) is 5.82 Å². The fourth-order valence-electron chi connectivity index (χ4n) is 2.65. The zero-order valence-electron chi connectivity index (χ0n) is 12.3. The lowest BCUT2D eigenvalue weighted by molar-refractivity contribution is -0.136. The Labute approximate surface area is 131 Å². The van der Waals surface area contributed by atoms with E-state index in [-0.39, 0.29) is 11.5 Å². The predicted molar refractivity (Wildman–Crippen MR) is 80.4 cm³/mol. The molecule has 23 heavy (non-hydrogen) atoms. The van der Waals surface area contributed by atoms with E-state index < -0.39 is 11.7 Å². The molecule has 1 aromatic heterocycles. The largest absolute Gasteiger partial charge is 0.418 e. The van der Waals surface area contributed by atoms with Gasteiger partial charge in [0, 0.05) is 6.04 Å². The van der Waals surface area contributed by atoms with Gasteiger partial charge in [0.1, 0.15) is 0 Å².